The largest absolute Gasteiger partial charge is 0.351 e. The molecular formula is C22H19FN4O4S. The molecule has 1 atom stereocenters. The van der Waals surface area contributed by atoms with Crippen LogP contribution in [0.15, 0.2) is 69.1 Å². The fraction of sp³-hybridized carbons (Fsp3) is 0.182. The molecule has 0 saturated heterocycles. The van der Waals surface area contributed by atoms with Crippen molar-refractivity contribution in [3.63, 3.8) is 0 Å². The van der Waals surface area contributed by atoms with Gasteiger partial charge in [-0.1, -0.05) is 54.2 Å². The highest BCUT2D eigenvalue weighted by atomic mass is 32.2. The van der Waals surface area contributed by atoms with Gasteiger partial charge in [0.25, 0.3) is 5.56 Å². The Labute approximate surface area is 186 Å². The second-order valence-corrected chi connectivity index (χ2v) is 8.34. The van der Waals surface area contributed by atoms with Crippen LogP contribution in [-0.4, -0.2) is 26.2 Å². The van der Waals surface area contributed by atoms with E-state index in [4.69, 9.17) is 0 Å². The van der Waals surface area contributed by atoms with E-state index in [1.807, 2.05) is 6.07 Å². The van der Waals surface area contributed by atoms with Gasteiger partial charge in [0.15, 0.2) is 5.25 Å². The summed E-state index contributed by atoms with van der Waals surface area (Å²) in [5.41, 5.74) is 0.282. The smallest absolute Gasteiger partial charge is 0.332 e. The third kappa shape index (κ3) is 4.22. The third-order valence-electron chi connectivity index (χ3n) is 5.02. The normalized spacial score (nSPS) is 15.1. The number of hydrogen-bond acceptors (Lipinski definition) is 5. The van der Waals surface area contributed by atoms with Crippen LogP contribution < -0.4 is 21.9 Å². The standard InChI is InChI=1S/C22H19FN4O4S/c1-26-18-16(21(30)27(22(26)31)12-14-5-3-2-4-6-14)32-17(20(29)25-18)19(28)24-11-13-7-9-15(23)10-8-13/h2-10,17H,11-12H2,1H3,(H,24,28)(H,25,29). The molecule has 8 nitrogen and oxygen atoms in total. The van der Waals surface area contributed by atoms with Crippen molar-refractivity contribution < 1.29 is 14.0 Å². The van der Waals surface area contributed by atoms with Gasteiger partial charge in [-0.15, -0.1) is 0 Å². The van der Waals surface area contributed by atoms with Crippen molar-refractivity contribution in [1.29, 1.82) is 0 Å². The van der Waals surface area contributed by atoms with Crippen LogP contribution in [0.1, 0.15) is 11.1 Å². The minimum absolute atomic E-state index is 0.0650. The number of hydrogen-bond donors (Lipinski definition) is 2. The van der Waals surface area contributed by atoms with Crippen molar-refractivity contribution in [3.8, 4) is 0 Å². The van der Waals surface area contributed by atoms with Gasteiger partial charge in [0, 0.05) is 13.6 Å². The number of fused-ring (bicyclic) bond motifs is 1. The maximum atomic E-state index is 13.1. The number of carbonyl (C=O) groups is 2. The highest BCUT2D eigenvalue weighted by molar-refractivity contribution is 8.01. The van der Waals surface area contributed by atoms with E-state index in [0.717, 1.165) is 21.9 Å². The molecule has 2 amide bonds. The van der Waals surface area contributed by atoms with Crippen LogP contribution in [-0.2, 0) is 29.7 Å². The highest BCUT2D eigenvalue weighted by Gasteiger charge is 2.36. The lowest BCUT2D eigenvalue weighted by Crippen LogP contribution is -2.48. The van der Waals surface area contributed by atoms with E-state index < -0.39 is 34.1 Å². The molecule has 10 heteroatoms. The molecule has 3 aromatic rings. The molecule has 1 unspecified atom stereocenters. The van der Waals surface area contributed by atoms with Crippen molar-refractivity contribution in [2.24, 2.45) is 7.05 Å². The fourth-order valence-electron chi connectivity index (χ4n) is 3.30. The lowest BCUT2D eigenvalue weighted by Gasteiger charge is -2.25. The van der Waals surface area contributed by atoms with Crippen LogP contribution in [0.4, 0.5) is 10.2 Å². The number of halogens is 1. The number of aromatic nitrogens is 2. The first-order valence-corrected chi connectivity index (χ1v) is 10.6. The summed E-state index contributed by atoms with van der Waals surface area (Å²) in [5.74, 6) is -1.54. The summed E-state index contributed by atoms with van der Waals surface area (Å²) in [4.78, 5) is 51.1. The first-order chi connectivity index (χ1) is 15.3. The number of amides is 2. The topological polar surface area (TPSA) is 102 Å². The number of anilines is 1. The van der Waals surface area contributed by atoms with E-state index in [1.165, 1.54) is 35.9 Å². The second-order valence-electron chi connectivity index (χ2n) is 7.23. The van der Waals surface area contributed by atoms with Crippen LogP contribution >= 0.6 is 11.8 Å². The van der Waals surface area contributed by atoms with Crippen molar-refractivity contribution in [2.45, 2.75) is 23.2 Å². The molecule has 0 bridgehead atoms. The maximum absolute atomic E-state index is 13.1. The lowest BCUT2D eigenvalue weighted by atomic mass is 10.2. The summed E-state index contributed by atoms with van der Waals surface area (Å²) in [7, 11) is 1.46. The molecule has 0 saturated carbocycles. The Morgan fingerprint density at radius 2 is 1.75 bits per heavy atom. The molecule has 2 N–H and O–H groups in total. The highest BCUT2D eigenvalue weighted by Crippen LogP contribution is 2.32. The first kappa shape index (κ1) is 21.6. The van der Waals surface area contributed by atoms with Gasteiger partial charge in [-0.3, -0.25) is 23.5 Å². The van der Waals surface area contributed by atoms with Gasteiger partial charge in [-0.25, -0.2) is 9.18 Å². The Kier molecular flexibility index (Phi) is 5.95. The molecular weight excluding hydrogens is 435 g/mol. The Hall–Kier alpha value is -3.66. The van der Waals surface area contributed by atoms with Crippen molar-refractivity contribution >= 4 is 29.4 Å². The zero-order chi connectivity index (χ0) is 22.8. The van der Waals surface area contributed by atoms with Crippen LogP contribution in [0, 0.1) is 5.82 Å². The monoisotopic (exact) mass is 454 g/mol. The zero-order valence-corrected chi connectivity index (χ0v) is 17.8. The Morgan fingerprint density at radius 3 is 2.44 bits per heavy atom. The minimum Gasteiger partial charge on any atom is -0.351 e. The molecule has 1 aliphatic heterocycles. The molecule has 2 aromatic carbocycles. The molecule has 164 valence electrons. The molecule has 4 rings (SSSR count). The predicted octanol–water partition coefficient (Wildman–Crippen LogP) is 1.46. The van der Waals surface area contributed by atoms with Gasteiger partial charge in [-0.05, 0) is 23.3 Å². The molecule has 0 aliphatic carbocycles. The Bertz CT molecular complexity index is 1300. The summed E-state index contributed by atoms with van der Waals surface area (Å²) in [6, 6.07) is 14.6. The van der Waals surface area contributed by atoms with E-state index in [0.29, 0.717) is 5.56 Å². The van der Waals surface area contributed by atoms with Crippen LogP contribution in [0.3, 0.4) is 0 Å². The number of rotatable bonds is 5. The summed E-state index contributed by atoms with van der Waals surface area (Å²) < 4.78 is 15.3. The average Bonchev–Trinajstić information content (AvgIpc) is 2.80. The van der Waals surface area contributed by atoms with Crippen molar-refractivity contribution in [1.82, 2.24) is 14.5 Å². The van der Waals surface area contributed by atoms with Gasteiger partial charge in [0.05, 0.1) is 6.54 Å². The summed E-state index contributed by atoms with van der Waals surface area (Å²) in [6.07, 6.45) is 0. The van der Waals surface area contributed by atoms with Crippen LogP contribution in [0.25, 0.3) is 0 Å². The van der Waals surface area contributed by atoms with Crippen LogP contribution in [0.2, 0.25) is 0 Å². The average molecular weight is 454 g/mol. The lowest BCUT2D eigenvalue weighted by molar-refractivity contribution is -0.126. The van der Waals surface area contributed by atoms with E-state index in [2.05, 4.69) is 10.6 Å². The number of nitrogens with one attached hydrogen (secondary N) is 2. The van der Waals surface area contributed by atoms with Crippen molar-refractivity contribution in [3.05, 3.63) is 92.4 Å². The van der Waals surface area contributed by atoms with Gasteiger partial charge in [-0.2, -0.15) is 0 Å². The number of benzene rings is 2. The van der Waals surface area contributed by atoms with E-state index in [1.54, 1.807) is 24.3 Å². The van der Waals surface area contributed by atoms with Crippen LogP contribution in [0.5, 0.6) is 0 Å². The number of carbonyl (C=O) groups excluding carboxylic acids is 2. The molecule has 0 radical (unpaired) electrons. The second kappa shape index (κ2) is 8.83. The van der Waals surface area contributed by atoms with Gasteiger partial charge in [0.2, 0.25) is 11.8 Å². The zero-order valence-electron chi connectivity index (χ0n) is 17.0. The first-order valence-electron chi connectivity index (χ1n) is 9.72. The maximum Gasteiger partial charge on any atom is 0.332 e. The Morgan fingerprint density at radius 1 is 1.06 bits per heavy atom. The number of nitrogens with zero attached hydrogens (tertiary/aromatic N) is 2. The molecule has 32 heavy (non-hydrogen) atoms. The summed E-state index contributed by atoms with van der Waals surface area (Å²) in [5, 5.41) is 3.94. The molecule has 1 aromatic heterocycles. The van der Waals surface area contributed by atoms with E-state index in [9.17, 15) is 23.6 Å². The molecule has 0 spiro atoms. The molecule has 2 heterocycles. The van der Waals surface area contributed by atoms with E-state index >= 15 is 0 Å². The fourth-order valence-corrected chi connectivity index (χ4v) is 4.41. The SMILES string of the molecule is Cn1c2c(c(=O)n(Cc3ccccc3)c1=O)SC(C(=O)NCc1ccc(F)cc1)C(=O)N2. The summed E-state index contributed by atoms with van der Waals surface area (Å²) in [6.45, 7) is 0.164. The predicted molar refractivity (Wildman–Crippen MR) is 118 cm³/mol. The molecule has 0 fully saturated rings. The van der Waals surface area contributed by atoms with Gasteiger partial charge in [0.1, 0.15) is 16.5 Å². The quantitative estimate of drug-likeness (QED) is 0.569. The third-order valence-corrected chi connectivity index (χ3v) is 6.29. The van der Waals surface area contributed by atoms with Gasteiger partial charge < -0.3 is 10.6 Å². The van der Waals surface area contributed by atoms with Gasteiger partial charge >= 0.3 is 5.69 Å². The Balaban J connectivity index is 1.60. The molecule has 1 aliphatic rings. The van der Waals surface area contributed by atoms with Crippen molar-refractivity contribution in [2.75, 3.05) is 5.32 Å². The number of thioether (sulfide) groups is 1. The van der Waals surface area contributed by atoms with E-state index in [-0.39, 0.29) is 23.8 Å². The minimum atomic E-state index is -1.21. The summed E-state index contributed by atoms with van der Waals surface area (Å²) >= 11 is 0.808.